The smallest absolute Gasteiger partial charge is 0.255 e. The second-order valence-electron chi connectivity index (χ2n) is 4.36. The summed E-state index contributed by atoms with van der Waals surface area (Å²) in [6.07, 6.45) is 0. The van der Waals surface area contributed by atoms with E-state index in [1.165, 1.54) is 0 Å². The quantitative estimate of drug-likeness (QED) is 0.738. The van der Waals surface area contributed by atoms with Crippen molar-refractivity contribution in [2.75, 3.05) is 5.32 Å². The van der Waals surface area contributed by atoms with Gasteiger partial charge in [-0.05, 0) is 48.4 Å². The van der Waals surface area contributed by atoms with Gasteiger partial charge in [0.15, 0.2) is 0 Å². The Hall–Kier alpha value is -2.33. The number of phenols is 1. The van der Waals surface area contributed by atoms with E-state index in [1.807, 2.05) is 12.1 Å². The van der Waals surface area contributed by atoms with Crippen molar-refractivity contribution in [2.45, 2.75) is 13.5 Å². The fourth-order valence-electron chi connectivity index (χ4n) is 1.73. The fraction of sp³-hybridized carbons (Fsp3) is 0.133. The predicted molar refractivity (Wildman–Crippen MR) is 75.1 cm³/mol. The molecule has 0 aliphatic carbocycles. The summed E-state index contributed by atoms with van der Waals surface area (Å²) < 4.78 is 0. The highest BCUT2D eigenvalue weighted by Gasteiger charge is 2.06. The van der Waals surface area contributed by atoms with Gasteiger partial charge in [0.1, 0.15) is 5.75 Å². The van der Waals surface area contributed by atoms with Gasteiger partial charge >= 0.3 is 0 Å². The van der Waals surface area contributed by atoms with E-state index in [9.17, 15) is 9.90 Å². The molecule has 0 aliphatic rings. The third kappa shape index (κ3) is 3.11. The van der Waals surface area contributed by atoms with Crippen LogP contribution in [0.3, 0.4) is 0 Å². The van der Waals surface area contributed by atoms with Crippen molar-refractivity contribution in [3.8, 4) is 5.75 Å². The normalized spacial score (nSPS) is 10.2. The molecule has 0 bridgehead atoms. The van der Waals surface area contributed by atoms with Gasteiger partial charge in [0.25, 0.3) is 5.91 Å². The van der Waals surface area contributed by atoms with Gasteiger partial charge in [-0.15, -0.1) is 0 Å². The first-order valence-electron chi connectivity index (χ1n) is 6.00. The monoisotopic (exact) mass is 256 g/mol. The second kappa shape index (κ2) is 5.54. The Morgan fingerprint density at radius 1 is 1.21 bits per heavy atom. The number of hydrogen-bond acceptors (Lipinski definition) is 3. The molecule has 4 nitrogen and oxygen atoms in total. The summed E-state index contributed by atoms with van der Waals surface area (Å²) in [5.74, 6) is 0.0268. The molecule has 2 rings (SSSR count). The summed E-state index contributed by atoms with van der Waals surface area (Å²) in [6.45, 7) is 2.24. The number of aryl methyl sites for hydroxylation is 1. The van der Waals surface area contributed by atoms with Crippen molar-refractivity contribution in [1.29, 1.82) is 0 Å². The number of carbonyl (C=O) groups excluding carboxylic acids is 1. The first kappa shape index (κ1) is 13.1. The van der Waals surface area contributed by atoms with E-state index in [2.05, 4.69) is 5.32 Å². The largest absolute Gasteiger partial charge is 0.508 e. The highest BCUT2D eigenvalue weighted by Crippen LogP contribution is 2.20. The Balaban J connectivity index is 2.13. The number of benzene rings is 2. The SMILES string of the molecule is Cc1cc(NC(=O)c2ccc(CN)cc2)ccc1O. The van der Waals surface area contributed by atoms with E-state index in [0.717, 1.165) is 11.1 Å². The minimum Gasteiger partial charge on any atom is -0.508 e. The van der Waals surface area contributed by atoms with Gasteiger partial charge in [-0.3, -0.25) is 4.79 Å². The Labute approximate surface area is 111 Å². The van der Waals surface area contributed by atoms with Gasteiger partial charge in [0, 0.05) is 17.8 Å². The number of aromatic hydroxyl groups is 1. The summed E-state index contributed by atoms with van der Waals surface area (Å²) in [4.78, 5) is 12.0. The number of nitrogens with one attached hydrogen (secondary N) is 1. The Kier molecular flexibility index (Phi) is 3.82. The lowest BCUT2D eigenvalue weighted by molar-refractivity contribution is 0.102. The zero-order valence-electron chi connectivity index (χ0n) is 10.7. The van der Waals surface area contributed by atoms with Crippen LogP contribution in [0.2, 0.25) is 0 Å². The first-order valence-corrected chi connectivity index (χ1v) is 6.00. The molecule has 0 heterocycles. The van der Waals surface area contributed by atoms with Gasteiger partial charge < -0.3 is 16.2 Å². The van der Waals surface area contributed by atoms with Crippen LogP contribution < -0.4 is 11.1 Å². The number of amides is 1. The molecule has 19 heavy (non-hydrogen) atoms. The van der Waals surface area contributed by atoms with Crippen LogP contribution in [0.4, 0.5) is 5.69 Å². The van der Waals surface area contributed by atoms with Gasteiger partial charge in [0.2, 0.25) is 0 Å². The molecule has 0 saturated carbocycles. The van der Waals surface area contributed by atoms with Crippen LogP contribution in [-0.4, -0.2) is 11.0 Å². The van der Waals surface area contributed by atoms with Crippen LogP contribution >= 0.6 is 0 Å². The Morgan fingerprint density at radius 2 is 1.89 bits per heavy atom. The summed E-state index contributed by atoms with van der Waals surface area (Å²) in [5, 5.41) is 12.2. The van der Waals surface area contributed by atoms with Crippen molar-refractivity contribution < 1.29 is 9.90 Å². The molecule has 0 atom stereocenters. The van der Waals surface area contributed by atoms with Crippen LogP contribution in [0.15, 0.2) is 42.5 Å². The Morgan fingerprint density at radius 3 is 2.47 bits per heavy atom. The molecular weight excluding hydrogens is 240 g/mol. The number of nitrogens with two attached hydrogens (primary N) is 1. The predicted octanol–water partition coefficient (Wildman–Crippen LogP) is 2.41. The maximum atomic E-state index is 12.0. The lowest BCUT2D eigenvalue weighted by Crippen LogP contribution is -2.12. The summed E-state index contributed by atoms with van der Waals surface area (Å²) in [5.41, 5.74) is 8.44. The number of anilines is 1. The molecule has 0 aromatic heterocycles. The number of carbonyl (C=O) groups is 1. The summed E-state index contributed by atoms with van der Waals surface area (Å²) in [6, 6.07) is 12.1. The van der Waals surface area contributed by atoms with Crippen molar-refractivity contribution in [2.24, 2.45) is 5.73 Å². The average molecular weight is 256 g/mol. The highest BCUT2D eigenvalue weighted by molar-refractivity contribution is 6.04. The zero-order valence-corrected chi connectivity index (χ0v) is 10.7. The first-order chi connectivity index (χ1) is 9.10. The van der Waals surface area contributed by atoms with Gasteiger partial charge in [-0.1, -0.05) is 12.1 Å². The minimum absolute atomic E-state index is 0.186. The molecule has 0 spiro atoms. The molecule has 98 valence electrons. The van der Waals surface area contributed by atoms with Crippen LogP contribution in [-0.2, 0) is 6.54 Å². The lowest BCUT2D eigenvalue weighted by Gasteiger charge is -2.07. The third-order valence-electron chi connectivity index (χ3n) is 2.91. The number of phenolic OH excluding ortho intramolecular Hbond substituents is 1. The molecule has 0 saturated heterocycles. The van der Waals surface area contributed by atoms with Crippen molar-refractivity contribution in [1.82, 2.24) is 0 Å². The van der Waals surface area contributed by atoms with Crippen LogP contribution in [0.25, 0.3) is 0 Å². The average Bonchev–Trinajstić information content (AvgIpc) is 2.43. The highest BCUT2D eigenvalue weighted by atomic mass is 16.3. The molecule has 4 N–H and O–H groups in total. The topological polar surface area (TPSA) is 75.4 Å². The van der Waals surface area contributed by atoms with Gasteiger partial charge in [-0.2, -0.15) is 0 Å². The molecule has 1 amide bonds. The molecule has 2 aromatic rings. The van der Waals surface area contributed by atoms with E-state index in [-0.39, 0.29) is 11.7 Å². The van der Waals surface area contributed by atoms with E-state index >= 15 is 0 Å². The molecule has 0 unspecified atom stereocenters. The Bertz CT molecular complexity index is 592. The second-order valence-corrected chi connectivity index (χ2v) is 4.36. The van der Waals surface area contributed by atoms with Gasteiger partial charge in [0.05, 0.1) is 0 Å². The van der Waals surface area contributed by atoms with Crippen molar-refractivity contribution in [3.63, 3.8) is 0 Å². The maximum Gasteiger partial charge on any atom is 0.255 e. The summed E-state index contributed by atoms with van der Waals surface area (Å²) >= 11 is 0. The van der Waals surface area contributed by atoms with Crippen LogP contribution in [0.5, 0.6) is 5.75 Å². The third-order valence-corrected chi connectivity index (χ3v) is 2.91. The lowest BCUT2D eigenvalue weighted by atomic mass is 10.1. The fourth-order valence-corrected chi connectivity index (χ4v) is 1.73. The van der Waals surface area contributed by atoms with E-state index in [0.29, 0.717) is 17.8 Å². The zero-order chi connectivity index (χ0) is 13.8. The number of rotatable bonds is 3. The maximum absolute atomic E-state index is 12.0. The van der Waals surface area contributed by atoms with E-state index in [4.69, 9.17) is 5.73 Å². The molecule has 2 aromatic carbocycles. The van der Waals surface area contributed by atoms with Crippen molar-refractivity contribution >= 4 is 11.6 Å². The standard InChI is InChI=1S/C15H16N2O2/c1-10-8-13(6-7-14(10)18)17-15(19)12-4-2-11(9-16)3-5-12/h2-8,18H,9,16H2,1H3,(H,17,19). The molecule has 0 radical (unpaired) electrons. The van der Waals surface area contributed by atoms with E-state index < -0.39 is 0 Å². The van der Waals surface area contributed by atoms with Crippen molar-refractivity contribution in [3.05, 3.63) is 59.2 Å². The van der Waals surface area contributed by atoms with Crippen LogP contribution in [0, 0.1) is 6.92 Å². The molecule has 0 aliphatic heterocycles. The number of hydrogen-bond donors (Lipinski definition) is 3. The summed E-state index contributed by atoms with van der Waals surface area (Å²) in [7, 11) is 0. The minimum atomic E-state index is -0.186. The molecular formula is C15H16N2O2. The molecule has 4 heteroatoms. The molecule has 0 fully saturated rings. The van der Waals surface area contributed by atoms with Gasteiger partial charge in [-0.25, -0.2) is 0 Å². The van der Waals surface area contributed by atoms with Crippen LogP contribution in [0.1, 0.15) is 21.5 Å². The van der Waals surface area contributed by atoms with E-state index in [1.54, 1.807) is 37.3 Å².